The van der Waals surface area contributed by atoms with Crippen molar-refractivity contribution in [2.24, 2.45) is 0 Å². The minimum absolute atomic E-state index is 0.211. The predicted molar refractivity (Wildman–Crippen MR) is 120 cm³/mol. The standard InChI is InChI=1S/C22H33N7O3/c1-3-32-20(31)8-7-18-17(2)25-22-23-16-24-29(22)21(18)28-13-11-26(12-14-28)15-19(30)27-9-5-4-6-10-27/h16H,3-15H2,1-2H3. The van der Waals surface area contributed by atoms with Crippen LogP contribution in [0.15, 0.2) is 6.33 Å². The van der Waals surface area contributed by atoms with Gasteiger partial charge in [0.2, 0.25) is 5.91 Å². The van der Waals surface area contributed by atoms with Crippen LogP contribution < -0.4 is 4.90 Å². The number of ether oxygens (including phenoxy) is 1. The second kappa shape index (κ2) is 10.2. The van der Waals surface area contributed by atoms with Crippen molar-refractivity contribution in [2.45, 2.75) is 46.0 Å². The molecule has 10 nitrogen and oxygen atoms in total. The molecule has 0 atom stereocenters. The fourth-order valence-electron chi connectivity index (χ4n) is 4.60. The van der Waals surface area contributed by atoms with Gasteiger partial charge in [-0.2, -0.15) is 14.6 Å². The number of fused-ring (bicyclic) bond motifs is 1. The number of hydrogen-bond donors (Lipinski definition) is 0. The Hall–Kier alpha value is -2.75. The Balaban J connectivity index is 1.46. The summed E-state index contributed by atoms with van der Waals surface area (Å²) in [5.41, 5.74) is 1.85. The molecule has 2 aromatic heterocycles. The molecule has 4 rings (SSSR count). The zero-order chi connectivity index (χ0) is 22.5. The topological polar surface area (TPSA) is 96.2 Å². The molecule has 2 aliphatic rings. The lowest BCUT2D eigenvalue weighted by molar-refractivity contribution is -0.143. The molecule has 0 unspecified atom stereocenters. The fourth-order valence-corrected chi connectivity index (χ4v) is 4.60. The summed E-state index contributed by atoms with van der Waals surface area (Å²) in [4.78, 5) is 40.0. The molecule has 2 fully saturated rings. The number of carbonyl (C=O) groups is 2. The molecule has 2 aliphatic heterocycles. The number of likely N-dealkylation sites (tertiary alicyclic amines) is 1. The highest BCUT2D eigenvalue weighted by Gasteiger charge is 2.26. The van der Waals surface area contributed by atoms with Gasteiger partial charge in [-0.15, -0.1) is 0 Å². The molecule has 1 amide bonds. The first-order valence-corrected chi connectivity index (χ1v) is 11.7. The van der Waals surface area contributed by atoms with E-state index in [1.807, 2.05) is 18.7 Å². The Bertz CT molecular complexity index is 946. The van der Waals surface area contributed by atoms with Gasteiger partial charge in [0.15, 0.2) is 0 Å². The lowest BCUT2D eigenvalue weighted by atomic mass is 10.1. The van der Waals surface area contributed by atoms with Crippen LogP contribution in [0, 0.1) is 6.92 Å². The fraction of sp³-hybridized carbons (Fsp3) is 0.682. The highest BCUT2D eigenvalue weighted by Crippen LogP contribution is 2.26. The largest absolute Gasteiger partial charge is 0.466 e. The van der Waals surface area contributed by atoms with Crippen molar-refractivity contribution in [3.63, 3.8) is 0 Å². The summed E-state index contributed by atoms with van der Waals surface area (Å²) in [7, 11) is 0. The number of piperazine rings is 1. The van der Waals surface area contributed by atoms with Crippen LogP contribution >= 0.6 is 0 Å². The van der Waals surface area contributed by atoms with E-state index in [1.165, 1.54) is 12.7 Å². The minimum atomic E-state index is -0.211. The van der Waals surface area contributed by atoms with E-state index >= 15 is 0 Å². The van der Waals surface area contributed by atoms with Gasteiger partial charge in [0, 0.05) is 56.9 Å². The number of esters is 1. The van der Waals surface area contributed by atoms with E-state index in [1.54, 1.807) is 4.52 Å². The Labute approximate surface area is 188 Å². The Morgan fingerprint density at radius 1 is 1.06 bits per heavy atom. The molecular formula is C22H33N7O3. The molecule has 0 radical (unpaired) electrons. The van der Waals surface area contributed by atoms with Gasteiger partial charge >= 0.3 is 5.97 Å². The van der Waals surface area contributed by atoms with Gasteiger partial charge in [0.25, 0.3) is 5.78 Å². The smallest absolute Gasteiger partial charge is 0.306 e. The maximum atomic E-state index is 12.7. The van der Waals surface area contributed by atoms with Gasteiger partial charge in [-0.05, 0) is 39.5 Å². The van der Waals surface area contributed by atoms with Gasteiger partial charge in [-0.3, -0.25) is 14.5 Å². The Morgan fingerprint density at radius 3 is 2.53 bits per heavy atom. The predicted octanol–water partition coefficient (Wildman–Crippen LogP) is 1.06. The van der Waals surface area contributed by atoms with Gasteiger partial charge in [0.05, 0.1) is 13.2 Å². The molecule has 10 heteroatoms. The second-order valence-electron chi connectivity index (χ2n) is 8.48. The van der Waals surface area contributed by atoms with Crippen LogP contribution in [0.2, 0.25) is 0 Å². The number of carbonyl (C=O) groups excluding carboxylic acids is 2. The molecule has 174 valence electrons. The van der Waals surface area contributed by atoms with Crippen LogP contribution in [0.3, 0.4) is 0 Å². The SMILES string of the molecule is CCOC(=O)CCc1c(C)nc2ncnn2c1N1CCN(CC(=O)N2CCCCC2)CC1. The van der Waals surface area contributed by atoms with Crippen molar-refractivity contribution in [3.8, 4) is 0 Å². The monoisotopic (exact) mass is 443 g/mol. The number of aromatic nitrogens is 4. The summed E-state index contributed by atoms with van der Waals surface area (Å²) in [6, 6.07) is 0. The van der Waals surface area contributed by atoms with Crippen LogP contribution in [0.1, 0.15) is 43.9 Å². The van der Waals surface area contributed by atoms with E-state index in [9.17, 15) is 9.59 Å². The van der Waals surface area contributed by atoms with Gasteiger partial charge in [-0.1, -0.05) is 0 Å². The van der Waals surface area contributed by atoms with E-state index in [0.29, 0.717) is 31.8 Å². The van der Waals surface area contributed by atoms with Crippen molar-refractivity contribution in [3.05, 3.63) is 17.6 Å². The van der Waals surface area contributed by atoms with Crippen molar-refractivity contribution in [1.29, 1.82) is 0 Å². The van der Waals surface area contributed by atoms with Gasteiger partial charge < -0.3 is 14.5 Å². The van der Waals surface area contributed by atoms with E-state index in [0.717, 1.165) is 69.2 Å². The summed E-state index contributed by atoms with van der Waals surface area (Å²) in [5.74, 6) is 1.53. The number of amides is 1. The highest BCUT2D eigenvalue weighted by atomic mass is 16.5. The van der Waals surface area contributed by atoms with Crippen molar-refractivity contribution >= 4 is 23.5 Å². The lowest BCUT2D eigenvalue weighted by Gasteiger charge is -2.37. The number of piperidine rings is 1. The summed E-state index contributed by atoms with van der Waals surface area (Å²) in [6.07, 6.45) is 5.80. The third-order valence-electron chi connectivity index (χ3n) is 6.33. The summed E-state index contributed by atoms with van der Waals surface area (Å²) < 4.78 is 6.88. The van der Waals surface area contributed by atoms with Crippen molar-refractivity contribution in [2.75, 3.05) is 57.3 Å². The number of rotatable bonds is 7. The maximum absolute atomic E-state index is 12.7. The first kappa shape index (κ1) is 22.4. The van der Waals surface area contributed by atoms with Crippen LogP contribution in [0.5, 0.6) is 0 Å². The van der Waals surface area contributed by atoms with Crippen LogP contribution in [0.25, 0.3) is 5.78 Å². The number of aryl methyl sites for hydroxylation is 1. The lowest BCUT2D eigenvalue weighted by Crippen LogP contribution is -2.51. The molecule has 0 N–H and O–H groups in total. The average molecular weight is 444 g/mol. The molecule has 0 aliphatic carbocycles. The third kappa shape index (κ3) is 5.01. The van der Waals surface area contributed by atoms with E-state index < -0.39 is 0 Å². The number of nitrogens with zero attached hydrogens (tertiary/aromatic N) is 7. The molecule has 2 aromatic rings. The molecule has 0 aromatic carbocycles. The molecule has 32 heavy (non-hydrogen) atoms. The second-order valence-corrected chi connectivity index (χ2v) is 8.48. The van der Waals surface area contributed by atoms with Gasteiger partial charge in [-0.25, -0.2) is 4.98 Å². The van der Waals surface area contributed by atoms with Crippen molar-refractivity contribution in [1.82, 2.24) is 29.4 Å². The van der Waals surface area contributed by atoms with Crippen LogP contribution in [0.4, 0.5) is 5.82 Å². The van der Waals surface area contributed by atoms with Crippen LogP contribution in [-0.4, -0.2) is 93.7 Å². The first-order chi connectivity index (χ1) is 15.6. The van der Waals surface area contributed by atoms with E-state index in [2.05, 4.69) is 24.9 Å². The molecule has 0 spiro atoms. The minimum Gasteiger partial charge on any atom is -0.466 e. The molecule has 0 saturated carbocycles. The normalized spacial score (nSPS) is 17.7. The summed E-state index contributed by atoms with van der Waals surface area (Å²) in [5, 5.41) is 4.40. The molecule has 2 saturated heterocycles. The average Bonchev–Trinajstić information content (AvgIpc) is 3.26. The number of anilines is 1. The van der Waals surface area contributed by atoms with E-state index in [4.69, 9.17) is 4.74 Å². The zero-order valence-electron chi connectivity index (χ0n) is 19.1. The third-order valence-corrected chi connectivity index (χ3v) is 6.33. The molecule has 4 heterocycles. The quantitative estimate of drug-likeness (QED) is 0.586. The van der Waals surface area contributed by atoms with Crippen LogP contribution in [-0.2, 0) is 20.7 Å². The summed E-state index contributed by atoms with van der Waals surface area (Å²) in [6.45, 7) is 9.56. The molecule has 0 bridgehead atoms. The Morgan fingerprint density at radius 2 is 1.81 bits per heavy atom. The Kier molecular flexibility index (Phi) is 7.19. The summed E-state index contributed by atoms with van der Waals surface area (Å²) >= 11 is 0. The maximum Gasteiger partial charge on any atom is 0.306 e. The number of hydrogen-bond acceptors (Lipinski definition) is 8. The van der Waals surface area contributed by atoms with Crippen molar-refractivity contribution < 1.29 is 14.3 Å². The van der Waals surface area contributed by atoms with E-state index in [-0.39, 0.29) is 11.9 Å². The first-order valence-electron chi connectivity index (χ1n) is 11.7. The zero-order valence-corrected chi connectivity index (χ0v) is 19.1. The highest BCUT2D eigenvalue weighted by molar-refractivity contribution is 5.78. The molecular weight excluding hydrogens is 410 g/mol. The van der Waals surface area contributed by atoms with Gasteiger partial charge in [0.1, 0.15) is 12.1 Å².